The molecule has 0 atom stereocenters. The van der Waals surface area contributed by atoms with Crippen LogP contribution >= 0.6 is 0 Å². The summed E-state index contributed by atoms with van der Waals surface area (Å²) in [5.74, 6) is 0.273. The Hall–Kier alpha value is -2.43. The maximum atomic E-state index is 9.49. The molecule has 2 aromatic carbocycles. The van der Waals surface area contributed by atoms with Crippen LogP contribution in [0.2, 0.25) is 0 Å². The fourth-order valence-electron chi connectivity index (χ4n) is 2.82. The number of fused-ring (bicyclic) bond motifs is 1. The molecule has 0 bridgehead atoms. The van der Waals surface area contributed by atoms with Crippen LogP contribution in [0.3, 0.4) is 0 Å². The summed E-state index contributed by atoms with van der Waals surface area (Å²) in [6.45, 7) is 2.58. The van der Waals surface area contributed by atoms with E-state index in [1.807, 2.05) is 24.5 Å². The summed E-state index contributed by atoms with van der Waals surface area (Å²) in [5.41, 5.74) is 8.90. The van der Waals surface area contributed by atoms with E-state index in [-0.39, 0.29) is 5.75 Å². The Morgan fingerprint density at radius 3 is 2.62 bits per heavy atom. The Labute approximate surface area is 142 Å². The average Bonchev–Trinajstić information content (AvgIpc) is 2.62. The number of nitrogens with two attached hydrogens (primary N) is 1. The van der Waals surface area contributed by atoms with Gasteiger partial charge in [-0.3, -0.25) is 4.98 Å². The maximum absolute atomic E-state index is 9.49. The Kier molecular flexibility index (Phi) is 5.41. The highest BCUT2D eigenvalue weighted by atomic mass is 16.3. The van der Waals surface area contributed by atoms with Gasteiger partial charge in [-0.1, -0.05) is 24.3 Å². The van der Waals surface area contributed by atoms with Crippen molar-refractivity contribution in [1.29, 1.82) is 0 Å². The molecule has 0 spiro atoms. The molecule has 4 nitrogen and oxygen atoms in total. The van der Waals surface area contributed by atoms with E-state index in [1.165, 1.54) is 10.9 Å². The van der Waals surface area contributed by atoms with Crippen molar-refractivity contribution in [2.24, 2.45) is 5.73 Å². The van der Waals surface area contributed by atoms with Gasteiger partial charge in [0.2, 0.25) is 0 Å². The van der Waals surface area contributed by atoms with Crippen molar-refractivity contribution in [3.8, 4) is 16.9 Å². The molecule has 0 aliphatic rings. The molecule has 1 heterocycles. The zero-order valence-electron chi connectivity index (χ0n) is 13.7. The second-order valence-electron chi connectivity index (χ2n) is 5.96. The number of phenols is 1. The molecule has 124 valence electrons. The lowest BCUT2D eigenvalue weighted by Crippen LogP contribution is -2.15. The quantitative estimate of drug-likeness (QED) is 0.583. The van der Waals surface area contributed by atoms with Crippen molar-refractivity contribution in [1.82, 2.24) is 10.3 Å². The number of nitrogens with zero attached hydrogens (tertiary/aromatic N) is 1. The van der Waals surface area contributed by atoms with Gasteiger partial charge in [0.25, 0.3) is 0 Å². The lowest BCUT2D eigenvalue weighted by atomic mass is 9.99. The number of aromatic hydroxyl groups is 1. The molecule has 1 aromatic heterocycles. The van der Waals surface area contributed by atoms with Gasteiger partial charge in [0.15, 0.2) is 0 Å². The maximum Gasteiger partial charge on any atom is 0.115 e. The molecule has 0 aliphatic carbocycles. The first-order valence-corrected chi connectivity index (χ1v) is 8.35. The monoisotopic (exact) mass is 321 g/mol. The molecule has 0 saturated heterocycles. The van der Waals surface area contributed by atoms with Gasteiger partial charge in [0, 0.05) is 29.9 Å². The summed E-state index contributed by atoms with van der Waals surface area (Å²) < 4.78 is 0. The van der Waals surface area contributed by atoms with Crippen LogP contribution in [0.1, 0.15) is 18.4 Å². The number of aromatic nitrogens is 1. The summed E-state index contributed by atoms with van der Waals surface area (Å²) in [4.78, 5) is 4.35. The van der Waals surface area contributed by atoms with Crippen molar-refractivity contribution in [3.63, 3.8) is 0 Å². The van der Waals surface area contributed by atoms with E-state index in [4.69, 9.17) is 5.73 Å². The van der Waals surface area contributed by atoms with Gasteiger partial charge >= 0.3 is 0 Å². The number of unbranched alkanes of at least 4 members (excludes halogenated alkanes) is 1. The van der Waals surface area contributed by atoms with Crippen molar-refractivity contribution in [2.75, 3.05) is 13.1 Å². The van der Waals surface area contributed by atoms with Crippen molar-refractivity contribution in [2.45, 2.75) is 19.4 Å². The second-order valence-corrected chi connectivity index (χ2v) is 5.96. The van der Waals surface area contributed by atoms with Crippen molar-refractivity contribution < 1.29 is 5.11 Å². The van der Waals surface area contributed by atoms with Gasteiger partial charge in [-0.15, -0.1) is 0 Å². The van der Waals surface area contributed by atoms with Gasteiger partial charge in [-0.05, 0) is 60.6 Å². The molecule has 0 amide bonds. The van der Waals surface area contributed by atoms with Gasteiger partial charge in [0.1, 0.15) is 5.75 Å². The minimum absolute atomic E-state index is 0.273. The standard InChI is InChI=1S/C20H23N3O/c21-9-1-2-10-22-12-15-3-4-17-13-23-14-20(19(17)11-15)16-5-7-18(24)8-6-16/h3-8,11,13-14,22,24H,1-2,9-10,12,21H2. The van der Waals surface area contributed by atoms with E-state index in [2.05, 4.69) is 28.5 Å². The Balaban J connectivity index is 1.84. The van der Waals surface area contributed by atoms with Crippen LogP contribution in [0.15, 0.2) is 54.9 Å². The van der Waals surface area contributed by atoms with E-state index in [9.17, 15) is 5.11 Å². The molecule has 0 unspecified atom stereocenters. The minimum atomic E-state index is 0.273. The molecule has 0 aliphatic heterocycles. The summed E-state index contributed by atoms with van der Waals surface area (Å²) in [7, 11) is 0. The average molecular weight is 321 g/mol. The molecule has 3 rings (SSSR count). The van der Waals surface area contributed by atoms with E-state index in [0.717, 1.165) is 49.0 Å². The number of hydrogen-bond acceptors (Lipinski definition) is 4. The molecular formula is C20H23N3O. The number of pyridine rings is 1. The van der Waals surface area contributed by atoms with Crippen LogP contribution in [0.4, 0.5) is 0 Å². The summed E-state index contributed by atoms with van der Waals surface area (Å²) in [6, 6.07) is 13.7. The fraction of sp³-hybridized carbons (Fsp3) is 0.250. The number of hydrogen-bond donors (Lipinski definition) is 3. The first-order valence-electron chi connectivity index (χ1n) is 8.35. The van der Waals surface area contributed by atoms with Crippen molar-refractivity contribution in [3.05, 3.63) is 60.4 Å². The molecule has 4 heteroatoms. The number of benzene rings is 2. The van der Waals surface area contributed by atoms with Crippen LogP contribution in [-0.2, 0) is 6.54 Å². The Morgan fingerprint density at radius 1 is 1.00 bits per heavy atom. The van der Waals surface area contributed by atoms with Gasteiger partial charge in [-0.2, -0.15) is 0 Å². The molecule has 3 aromatic rings. The fourth-order valence-corrected chi connectivity index (χ4v) is 2.82. The van der Waals surface area contributed by atoms with Crippen LogP contribution in [0.5, 0.6) is 5.75 Å². The molecule has 0 radical (unpaired) electrons. The van der Waals surface area contributed by atoms with Gasteiger partial charge in [-0.25, -0.2) is 0 Å². The summed E-state index contributed by atoms with van der Waals surface area (Å²) in [5, 5.41) is 15.2. The highest BCUT2D eigenvalue weighted by Gasteiger charge is 2.06. The van der Waals surface area contributed by atoms with E-state index < -0.39 is 0 Å². The van der Waals surface area contributed by atoms with Crippen LogP contribution in [-0.4, -0.2) is 23.2 Å². The smallest absolute Gasteiger partial charge is 0.115 e. The summed E-state index contributed by atoms with van der Waals surface area (Å²) >= 11 is 0. The van der Waals surface area contributed by atoms with Crippen LogP contribution in [0.25, 0.3) is 21.9 Å². The zero-order valence-corrected chi connectivity index (χ0v) is 13.7. The third-order valence-corrected chi connectivity index (χ3v) is 4.14. The zero-order chi connectivity index (χ0) is 16.8. The van der Waals surface area contributed by atoms with Crippen LogP contribution in [0, 0.1) is 0 Å². The molecule has 4 N–H and O–H groups in total. The molecule has 24 heavy (non-hydrogen) atoms. The first-order chi connectivity index (χ1) is 11.8. The molecule has 0 fully saturated rings. The van der Waals surface area contributed by atoms with Crippen molar-refractivity contribution >= 4 is 10.8 Å². The third-order valence-electron chi connectivity index (χ3n) is 4.14. The van der Waals surface area contributed by atoms with Crippen LogP contribution < -0.4 is 11.1 Å². The normalized spacial score (nSPS) is 11.0. The van der Waals surface area contributed by atoms with E-state index in [0.29, 0.717) is 0 Å². The van der Waals surface area contributed by atoms with Gasteiger partial charge in [0.05, 0.1) is 0 Å². The highest BCUT2D eigenvalue weighted by Crippen LogP contribution is 2.29. The van der Waals surface area contributed by atoms with Gasteiger partial charge < -0.3 is 16.2 Å². The Bertz CT molecular complexity index is 800. The third kappa shape index (κ3) is 3.91. The largest absolute Gasteiger partial charge is 0.508 e. The predicted molar refractivity (Wildman–Crippen MR) is 98.8 cm³/mol. The van der Waals surface area contributed by atoms with E-state index >= 15 is 0 Å². The number of nitrogens with one attached hydrogen (secondary N) is 1. The predicted octanol–water partition coefficient (Wildman–Crippen LogP) is 3.44. The molecule has 0 saturated carbocycles. The first kappa shape index (κ1) is 16.4. The van der Waals surface area contributed by atoms with E-state index in [1.54, 1.807) is 12.1 Å². The topological polar surface area (TPSA) is 71.2 Å². The SMILES string of the molecule is NCCCCNCc1ccc2cncc(-c3ccc(O)cc3)c2c1. The lowest BCUT2D eigenvalue weighted by Gasteiger charge is -2.10. The number of phenolic OH excluding ortho intramolecular Hbond substituents is 1. The number of rotatable bonds is 7. The highest BCUT2D eigenvalue weighted by molar-refractivity contribution is 5.96. The minimum Gasteiger partial charge on any atom is -0.508 e. The molecular weight excluding hydrogens is 298 g/mol. The summed E-state index contributed by atoms with van der Waals surface area (Å²) in [6.07, 6.45) is 5.93. The Morgan fingerprint density at radius 2 is 1.83 bits per heavy atom. The lowest BCUT2D eigenvalue weighted by molar-refractivity contribution is 0.475. The second kappa shape index (κ2) is 7.90.